The molecule has 0 radical (unpaired) electrons. The molecule has 2 nitrogen and oxygen atoms in total. The Labute approximate surface area is 109 Å². The van der Waals surface area contributed by atoms with Gasteiger partial charge in [0.05, 0.1) is 5.52 Å². The summed E-state index contributed by atoms with van der Waals surface area (Å²) in [5.74, 6) is 0.490. The summed E-state index contributed by atoms with van der Waals surface area (Å²) in [5.41, 5.74) is 2.47. The van der Waals surface area contributed by atoms with Crippen molar-refractivity contribution in [3.63, 3.8) is 0 Å². The highest BCUT2D eigenvalue weighted by atomic mass is 14.9. The first-order chi connectivity index (χ1) is 8.74. The molecule has 2 rings (SSSR count). The molecule has 18 heavy (non-hydrogen) atoms. The molecule has 0 saturated carbocycles. The summed E-state index contributed by atoms with van der Waals surface area (Å²) >= 11 is 0. The summed E-state index contributed by atoms with van der Waals surface area (Å²) in [6.45, 7) is 7.82. The van der Waals surface area contributed by atoms with E-state index in [0.29, 0.717) is 12.0 Å². The van der Waals surface area contributed by atoms with Crippen LogP contribution in [0.1, 0.15) is 38.7 Å². The molecule has 2 unspecified atom stereocenters. The van der Waals surface area contributed by atoms with Gasteiger partial charge >= 0.3 is 0 Å². The standard InChI is InChI=1S/C16H22N2/c1-4-10-17-13(3)12(2)14-9-11-18-16-8-6-5-7-15(14)16/h5-9,11-13,17H,4,10H2,1-3H3. The van der Waals surface area contributed by atoms with Crippen LogP contribution in [0, 0.1) is 0 Å². The molecule has 0 amide bonds. The number of rotatable bonds is 5. The van der Waals surface area contributed by atoms with E-state index in [9.17, 15) is 0 Å². The Morgan fingerprint density at radius 3 is 2.72 bits per heavy atom. The number of fused-ring (bicyclic) bond motifs is 1. The highest BCUT2D eigenvalue weighted by Crippen LogP contribution is 2.26. The maximum atomic E-state index is 4.43. The van der Waals surface area contributed by atoms with Crippen molar-refractivity contribution in [3.8, 4) is 0 Å². The monoisotopic (exact) mass is 242 g/mol. The molecular formula is C16H22N2. The molecule has 0 bridgehead atoms. The Bertz CT molecular complexity index is 502. The minimum atomic E-state index is 0.482. The molecule has 96 valence electrons. The normalized spacial score (nSPS) is 14.6. The molecule has 1 heterocycles. The first-order valence-corrected chi connectivity index (χ1v) is 6.81. The molecule has 0 saturated heterocycles. The summed E-state index contributed by atoms with van der Waals surface area (Å²) in [4.78, 5) is 4.43. The SMILES string of the molecule is CCCNC(C)C(C)c1ccnc2ccccc12. The maximum Gasteiger partial charge on any atom is 0.0704 e. The van der Waals surface area contributed by atoms with Crippen LogP contribution in [0.2, 0.25) is 0 Å². The van der Waals surface area contributed by atoms with Crippen LogP contribution in [0.25, 0.3) is 10.9 Å². The highest BCUT2D eigenvalue weighted by Gasteiger charge is 2.15. The minimum absolute atomic E-state index is 0.482. The van der Waals surface area contributed by atoms with Crippen molar-refractivity contribution in [1.82, 2.24) is 10.3 Å². The maximum absolute atomic E-state index is 4.43. The smallest absolute Gasteiger partial charge is 0.0704 e. The average Bonchev–Trinajstić information content (AvgIpc) is 2.43. The largest absolute Gasteiger partial charge is 0.314 e. The molecule has 1 aromatic carbocycles. The molecule has 1 N–H and O–H groups in total. The average molecular weight is 242 g/mol. The van der Waals surface area contributed by atoms with Crippen molar-refractivity contribution >= 4 is 10.9 Å². The van der Waals surface area contributed by atoms with Crippen LogP contribution in [-0.4, -0.2) is 17.6 Å². The second kappa shape index (κ2) is 5.96. The van der Waals surface area contributed by atoms with E-state index in [4.69, 9.17) is 0 Å². The van der Waals surface area contributed by atoms with E-state index in [1.807, 2.05) is 12.3 Å². The van der Waals surface area contributed by atoms with Crippen LogP contribution in [0.15, 0.2) is 36.5 Å². The zero-order chi connectivity index (χ0) is 13.0. The third kappa shape index (κ3) is 2.70. The number of para-hydroxylation sites is 1. The summed E-state index contributed by atoms with van der Waals surface area (Å²) in [5, 5.41) is 4.85. The Kier molecular flexibility index (Phi) is 4.32. The number of nitrogens with one attached hydrogen (secondary N) is 1. The fourth-order valence-corrected chi connectivity index (χ4v) is 2.33. The van der Waals surface area contributed by atoms with Crippen LogP contribution in [0.4, 0.5) is 0 Å². The second-order valence-corrected chi connectivity index (χ2v) is 4.95. The lowest BCUT2D eigenvalue weighted by Gasteiger charge is -2.22. The third-order valence-electron chi connectivity index (χ3n) is 3.64. The van der Waals surface area contributed by atoms with Gasteiger partial charge in [-0.1, -0.05) is 32.0 Å². The fourth-order valence-electron chi connectivity index (χ4n) is 2.33. The number of aromatic nitrogens is 1. The lowest BCUT2D eigenvalue weighted by Crippen LogP contribution is -2.31. The van der Waals surface area contributed by atoms with Crippen LogP contribution >= 0.6 is 0 Å². The van der Waals surface area contributed by atoms with Gasteiger partial charge in [-0.05, 0) is 43.5 Å². The predicted molar refractivity (Wildman–Crippen MR) is 77.9 cm³/mol. The molecule has 0 aliphatic heterocycles. The number of nitrogens with zero attached hydrogens (tertiary/aromatic N) is 1. The van der Waals surface area contributed by atoms with Crippen LogP contribution in [0.5, 0.6) is 0 Å². The Morgan fingerprint density at radius 1 is 1.17 bits per heavy atom. The lowest BCUT2D eigenvalue weighted by molar-refractivity contribution is 0.483. The summed E-state index contributed by atoms with van der Waals surface area (Å²) in [6.07, 6.45) is 3.09. The molecule has 0 aliphatic rings. The van der Waals surface area contributed by atoms with Crippen LogP contribution in [-0.2, 0) is 0 Å². The van der Waals surface area contributed by atoms with Gasteiger partial charge in [0, 0.05) is 17.6 Å². The van der Waals surface area contributed by atoms with Crippen molar-refractivity contribution in [2.45, 2.75) is 39.2 Å². The third-order valence-corrected chi connectivity index (χ3v) is 3.64. The molecule has 0 spiro atoms. The van der Waals surface area contributed by atoms with E-state index in [1.54, 1.807) is 0 Å². The summed E-state index contributed by atoms with van der Waals surface area (Å²) in [7, 11) is 0. The van der Waals surface area contributed by atoms with Gasteiger partial charge in [-0.15, -0.1) is 0 Å². The summed E-state index contributed by atoms with van der Waals surface area (Å²) < 4.78 is 0. The first-order valence-electron chi connectivity index (χ1n) is 6.81. The number of pyridine rings is 1. The van der Waals surface area contributed by atoms with Crippen LogP contribution in [0.3, 0.4) is 0 Å². The zero-order valence-electron chi connectivity index (χ0n) is 11.5. The molecule has 0 fully saturated rings. The van der Waals surface area contributed by atoms with E-state index >= 15 is 0 Å². The van der Waals surface area contributed by atoms with E-state index in [1.165, 1.54) is 17.4 Å². The topological polar surface area (TPSA) is 24.9 Å². The van der Waals surface area contributed by atoms with Gasteiger partial charge in [0.15, 0.2) is 0 Å². The van der Waals surface area contributed by atoms with Crippen molar-refractivity contribution < 1.29 is 0 Å². The molecule has 2 aromatic rings. The molecule has 2 atom stereocenters. The van der Waals surface area contributed by atoms with Gasteiger partial charge in [0.1, 0.15) is 0 Å². The second-order valence-electron chi connectivity index (χ2n) is 4.95. The van der Waals surface area contributed by atoms with Gasteiger partial charge < -0.3 is 5.32 Å². The minimum Gasteiger partial charge on any atom is -0.314 e. The molecule has 1 aromatic heterocycles. The molecule has 2 heteroatoms. The Hall–Kier alpha value is -1.41. The van der Waals surface area contributed by atoms with Gasteiger partial charge in [-0.3, -0.25) is 4.98 Å². The Morgan fingerprint density at radius 2 is 1.94 bits per heavy atom. The van der Waals surface area contributed by atoms with Gasteiger partial charge in [-0.25, -0.2) is 0 Å². The number of benzene rings is 1. The quantitative estimate of drug-likeness (QED) is 0.864. The van der Waals surface area contributed by atoms with Gasteiger partial charge in [-0.2, -0.15) is 0 Å². The lowest BCUT2D eigenvalue weighted by atomic mass is 9.91. The van der Waals surface area contributed by atoms with Crippen LogP contribution < -0.4 is 5.32 Å². The van der Waals surface area contributed by atoms with E-state index in [2.05, 4.69) is 55.3 Å². The fraction of sp³-hybridized carbons (Fsp3) is 0.438. The number of hydrogen-bond donors (Lipinski definition) is 1. The van der Waals surface area contributed by atoms with E-state index in [0.717, 1.165) is 12.1 Å². The van der Waals surface area contributed by atoms with Crippen molar-refractivity contribution in [1.29, 1.82) is 0 Å². The van der Waals surface area contributed by atoms with Crippen molar-refractivity contribution in [3.05, 3.63) is 42.1 Å². The highest BCUT2D eigenvalue weighted by molar-refractivity contribution is 5.82. The van der Waals surface area contributed by atoms with E-state index < -0.39 is 0 Å². The van der Waals surface area contributed by atoms with Crippen molar-refractivity contribution in [2.24, 2.45) is 0 Å². The summed E-state index contributed by atoms with van der Waals surface area (Å²) in [6, 6.07) is 11.0. The zero-order valence-corrected chi connectivity index (χ0v) is 11.5. The molecular weight excluding hydrogens is 220 g/mol. The van der Waals surface area contributed by atoms with Gasteiger partial charge in [0.2, 0.25) is 0 Å². The molecule has 0 aliphatic carbocycles. The predicted octanol–water partition coefficient (Wildman–Crippen LogP) is 3.73. The van der Waals surface area contributed by atoms with E-state index in [-0.39, 0.29) is 0 Å². The number of hydrogen-bond acceptors (Lipinski definition) is 2. The Balaban J connectivity index is 2.29. The van der Waals surface area contributed by atoms with Crippen molar-refractivity contribution in [2.75, 3.05) is 6.54 Å². The first kappa shape index (κ1) is 13.0. The van der Waals surface area contributed by atoms with Gasteiger partial charge in [0.25, 0.3) is 0 Å².